The lowest BCUT2D eigenvalue weighted by molar-refractivity contribution is -0.132. The van der Waals surface area contributed by atoms with Gasteiger partial charge >= 0.3 is 0 Å². The van der Waals surface area contributed by atoms with Gasteiger partial charge in [0.05, 0.1) is 25.8 Å². The lowest BCUT2D eigenvalue weighted by atomic mass is 10.1. The Labute approximate surface area is 181 Å². The Hall–Kier alpha value is -2.70. The Morgan fingerprint density at radius 3 is 2.67 bits per heavy atom. The molecule has 156 valence electrons. The minimum atomic E-state index is 0.217. The van der Waals surface area contributed by atoms with Gasteiger partial charge in [-0.15, -0.1) is 11.3 Å². The number of hydrogen-bond donors (Lipinski definition) is 0. The van der Waals surface area contributed by atoms with Crippen LogP contribution >= 0.6 is 11.3 Å². The molecule has 2 heterocycles. The number of nitrogens with zero attached hydrogens (tertiary/aromatic N) is 3. The van der Waals surface area contributed by atoms with Crippen LogP contribution in [-0.2, 0) is 17.8 Å². The summed E-state index contributed by atoms with van der Waals surface area (Å²) in [5.74, 6) is 1.06. The molecule has 30 heavy (non-hydrogen) atoms. The highest BCUT2D eigenvalue weighted by atomic mass is 32.1. The first-order valence-electron chi connectivity index (χ1n) is 10.3. The number of aromatic nitrogens is 1. The molecule has 0 radical (unpaired) electrons. The molecule has 4 rings (SSSR count). The van der Waals surface area contributed by atoms with Crippen LogP contribution < -0.4 is 4.74 Å². The molecule has 0 N–H and O–H groups in total. The minimum absolute atomic E-state index is 0.217. The molecule has 1 fully saturated rings. The lowest BCUT2D eigenvalue weighted by Crippen LogP contribution is -2.48. The second-order valence-electron chi connectivity index (χ2n) is 7.68. The van der Waals surface area contributed by atoms with Crippen molar-refractivity contribution in [2.75, 3.05) is 33.3 Å². The number of rotatable bonds is 6. The zero-order chi connectivity index (χ0) is 20.9. The molecule has 1 aliphatic heterocycles. The topological polar surface area (TPSA) is 45.7 Å². The smallest absolute Gasteiger partial charge is 0.227 e. The molecular formula is C24H27N3O2S. The molecule has 1 aromatic heterocycles. The molecule has 1 amide bonds. The van der Waals surface area contributed by atoms with Crippen LogP contribution in [0.3, 0.4) is 0 Å². The summed E-state index contributed by atoms with van der Waals surface area (Å²) in [6, 6.07) is 16.2. The summed E-state index contributed by atoms with van der Waals surface area (Å²) in [5.41, 5.74) is 4.35. The van der Waals surface area contributed by atoms with E-state index in [0.29, 0.717) is 6.42 Å². The van der Waals surface area contributed by atoms with Gasteiger partial charge in [0.15, 0.2) is 0 Å². The number of carbonyl (C=O) groups excluding carboxylic acids is 1. The summed E-state index contributed by atoms with van der Waals surface area (Å²) in [4.78, 5) is 21.8. The van der Waals surface area contributed by atoms with Gasteiger partial charge in [-0.1, -0.05) is 42.0 Å². The Kier molecular flexibility index (Phi) is 6.45. The van der Waals surface area contributed by atoms with Crippen molar-refractivity contribution in [3.05, 3.63) is 70.0 Å². The Morgan fingerprint density at radius 1 is 1.10 bits per heavy atom. The summed E-state index contributed by atoms with van der Waals surface area (Å²) in [7, 11) is 1.68. The van der Waals surface area contributed by atoms with Gasteiger partial charge in [0.25, 0.3) is 0 Å². The van der Waals surface area contributed by atoms with E-state index < -0.39 is 0 Å². The predicted octanol–water partition coefficient (Wildman–Crippen LogP) is 4.01. The largest absolute Gasteiger partial charge is 0.497 e. The molecule has 6 heteroatoms. The summed E-state index contributed by atoms with van der Waals surface area (Å²) in [5, 5.41) is 3.21. The van der Waals surface area contributed by atoms with Crippen molar-refractivity contribution in [1.82, 2.24) is 14.8 Å². The molecule has 1 saturated heterocycles. The highest BCUT2D eigenvalue weighted by molar-refractivity contribution is 7.09. The fourth-order valence-corrected chi connectivity index (χ4v) is 4.60. The van der Waals surface area contributed by atoms with E-state index in [2.05, 4.69) is 35.4 Å². The van der Waals surface area contributed by atoms with Crippen LogP contribution in [0.25, 0.3) is 11.3 Å². The Bertz CT molecular complexity index is 1010. The molecule has 0 saturated carbocycles. The van der Waals surface area contributed by atoms with Crippen molar-refractivity contribution in [3.63, 3.8) is 0 Å². The molecule has 0 unspecified atom stereocenters. The van der Waals surface area contributed by atoms with Crippen LogP contribution in [0.1, 0.15) is 16.1 Å². The molecule has 3 aromatic rings. The predicted molar refractivity (Wildman–Crippen MR) is 121 cm³/mol. The van der Waals surface area contributed by atoms with E-state index in [1.165, 1.54) is 5.56 Å². The van der Waals surface area contributed by atoms with Crippen molar-refractivity contribution < 1.29 is 9.53 Å². The highest BCUT2D eigenvalue weighted by Gasteiger charge is 2.22. The van der Waals surface area contributed by atoms with Crippen molar-refractivity contribution in [2.45, 2.75) is 19.9 Å². The van der Waals surface area contributed by atoms with Crippen LogP contribution in [0.4, 0.5) is 0 Å². The summed E-state index contributed by atoms with van der Waals surface area (Å²) >= 11 is 1.69. The van der Waals surface area contributed by atoms with Gasteiger partial charge in [-0.2, -0.15) is 0 Å². The number of aryl methyl sites for hydroxylation is 1. The van der Waals surface area contributed by atoms with E-state index in [1.807, 2.05) is 35.2 Å². The minimum Gasteiger partial charge on any atom is -0.497 e. The first-order chi connectivity index (χ1) is 14.6. The van der Waals surface area contributed by atoms with Crippen LogP contribution in [0.15, 0.2) is 53.9 Å². The van der Waals surface area contributed by atoms with Gasteiger partial charge in [-0.25, -0.2) is 4.98 Å². The van der Waals surface area contributed by atoms with Gasteiger partial charge in [-0.05, 0) is 24.6 Å². The quantitative estimate of drug-likeness (QED) is 0.603. The normalized spacial score (nSPS) is 14.7. The average molecular weight is 422 g/mol. The zero-order valence-electron chi connectivity index (χ0n) is 17.5. The molecule has 0 atom stereocenters. The third-order valence-electron chi connectivity index (χ3n) is 5.44. The highest BCUT2D eigenvalue weighted by Crippen LogP contribution is 2.26. The maximum Gasteiger partial charge on any atom is 0.227 e. The van der Waals surface area contributed by atoms with E-state index in [0.717, 1.165) is 60.3 Å². The first-order valence-corrected chi connectivity index (χ1v) is 11.1. The number of methoxy groups -OCH3 is 1. The second kappa shape index (κ2) is 9.41. The summed E-state index contributed by atoms with van der Waals surface area (Å²) < 4.78 is 5.31. The van der Waals surface area contributed by atoms with Crippen LogP contribution in [0, 0.1) is 6.92 Å². The van der Waals surface area contributed by atoms with Crippen molar-refractivity contribution in [2.24, 2.45) is 0 Å². The fourth-order valence-electron chi connectivity index (χ4n) is 3.75. The van der Waals surface area contributed by atoms with E-state index in [-0.39, 0.29) is 5.91 Å². The van der Waals surface area contributed by atoms with Crippen molar-refractivity contribution in [3.8, 4) is 17.0 Å². The summed E-state index contributed by atoms with van der Waals surface area (Å²) in [6.07, 6.45) is 0.484. The Balaban J connectivity index is 1.30. The number of benzene rings is 2. The first kappa shape index (κ1) is 20.6. The number of amides is 1. The van der Waals surface area contributed by atoms with E-state index in [1.54, 1.807) is 18.4 Å². The number of thiazole rings is 1. The van der Waals surface area contributed by atoms with Gasteiger partial charge in [0.1, 0.15) is 10.8 Å². The monoisotopic (exact) mass is 421 g/mol. The molecular weight excluding hydrogens is 394 g/mol. The SMILES string of the molecule is COc1cccc(-c2csc(CN3CCN(C(=O)Cc4cccc(C)c4)CC3)n2)c1. The molecule has 5 nitrogen and oxygen atoms in total. The van der Waals surface area contributed by atoms with Gasteiger partial charge in [-0.3, -0.25) is 9.69 Å². The maximum absolute atomic E-state index is 12.6. The van der Waals surface area contributed by atoms with Crippen LogP contribution in [-0.4, -0.2) is 54.0 Å². The second-order valence-corrected chi connectivity index (χ2v) is 8.62. The fraction of sp³-hybridized carbons (Fsp3) is 0.333. The number of hydrogen-bond acceptors (Lipinski definition) is 5. The summed E-state index contributed by atoms with van der Waals surface area (Å²) in [6.45, 7) is 6.21. The number of piperazine rings is 1. The standard InChI is InChI=1S/C24H27N3O2S/c1-18-5-3-6-19(13-18)14-24(28)27-11-9-26(10-12-27)16-23-25-22(17-30-23)20-7-4-8-21(15-20)29-2/h3-8,13,15,17H,9-12,14,16H2,1-2H3. The molecule has 0 bridgehead atoms. The molecule has 0 spiro atoms. The zero-order valence-corrected chi connectivity index (χ0v) is 18.3. The van der Waals surface area contributed by atoms with Crippen LogP contribution in [0.2, 0.25) is 0 Å². The van der Waals surface area contributed by atoms with Gasteiger partial charge in [0, 0.05) is 37.1 Å². The average Bonchev–Trinajstić information content (AvgIpc) is 3.23. The van der Waals surface area contributed by atoms with Gasteiger partial charge in [0.2, 0.25) is 5.91 Å². The molecule has 0 aliphatic carbocycles. The lowest BCUT2D eigenvalue weighted by Gasteiger charge is -2.34. The van der Waals surface area contributed by atoms with Crippen LogP contribution in [0.5, 0.6) is 5.75 Å². The molecule has 1 aliphatic rings. The third-order valence-corrected chi connectivity index (χ3v) is 6.27. The number of carbonyl (C=O) groups is 1. The van der Waals surface area contributed by atoms with Gasteiger partial charge < -0.3 is 9.64 Å². The van der Waals surface area contributed by atoms with Crippen molar-refractivity contribution >= 4 is 17.2 Å². The van der Waals surface area contributed by atoms with E-state index in [4.69, 9.17) is 9.72 Å². The number of ether oxygens (including phenoxy) is 1. The van der Waals surface area contributed by atoms with E-state index >= 15 is 0 Å². The van der Waals surface area contributed by atoms with Crippen molar-refractivity contribution in [1.29, 1.82) is 0 Å². The Morgan fingerprint density at radius 2 is 1.90 bits per heavy atom. The maximum atomic E-state index is 12.6. The molecule has 2 aromatic carbocycles. The third kappa shape index (κ3) is 5.07. The van der Waals surface area contributed by atoms with E-state index in [9.17, 15) is 4.79 Å².